The molecule has 2 aliphatic heterocycles. The van der Waals surface area contributed by atoms with Gasteiger partial charge < -0.3 is 55.3 Å². The summed E-state index contributed by atoms with van der Waals surface area (Å²) in [4.78, 5) is 34.7. The highest BCUT2D eigenvalue weighted by Gasteiger charge is 2.47. The van der Waals surface area contributed by atoms with Crippen LogP contribution in [0.3, 0.4) is 0 Å². The van der Waals surface area contributed by atoms with Gasteiger partial charge in [-0.3, -0.25) is 9.13 Å². The van der Waals surface area contributed by atoms with Crippen LogP contribution in [0.15, 0.2) is 25.3 Å². The average molecular weight is 613 g/mol. The largest absolute Gasteiger partial charge is 0.387 e. The molecular weight excluding hydrogens is 587 g/mol. The quantitative estimate of drug-likeness (QED) is 0.0998. The molecule has 4 aromatic heterocycles. The van der Waals surface area contributed by atoms with Gasteiger partial charge in [0.05, 0.1) is 25.9 Å². The molecule has 220 valence electrons. The maximum absolute atomic E-state index is 10.6. The normalized spacial score (nSPS) is 31.7. The molecule has 0 aromatic carbocycles. The Balaban J connectivity index is 1.07. The van der Waals surface area contributed by atoms with Gasteiger partial charge >= 0.3 is 6.72 Å². The number of ether oxygens (including phenoxy) is 2. The number of fused-ring (bicyclic) bond motifs is 2. The Morgan fingerprint density at radius 3 is 1.56 bits per heavy atom. The number of rotatable bonds is 8. The first kappa shape index (κ1) is 28.1. The Morgan fingerprint density at radius 2 is 1.15 bits per heavy atom. The lowest BCUT2D eigenvalue weighted by Gasteiger charge is -2.22. The van der Waals surface area contributed by atoms with Gasteiger partial charge in [-0.2, -0.15) is 0 Å². The van der Waals surface area contributed by atoms with E-state index in [1.807, 2.05) is 0 Å². The van der Waals surface area contributed by atoms with E-state index in [1.54, 1.807) is 0 Å². The van der Waals surface area contributed by atoms with Crippen molar-refractivity contribution in [3.05, 3.63) is 25.3 Å². The first-order valence-electron chi connectivity index (χ1n) is 12.1. The van der Waals surface area contributed by atoms with Crippen molar-refractivity contribution < 1.29 is 43.8 Å². The lowest BCUT2D eigenvalue weighted by atomic mass is 10.1. The summed E-state index contributed by atoms with van der Waals surface area (Å²) in [6.07, 6.45) is -4.99. The second kappa shape index (κ2) is 10.7. The van der Waals surface area contributed by atoms with Crippen molar-refractivity contribution in [2.24, 2.45) is 0 Å². The third kappa shape index (κ3) is 5.02. The van der Waals surface area contributed by atoms with Crippen molar-refractivity contribution in [1.29, 1.82) is 0 Å². The molecule has 2 aliphatic rings. The number of nitrogen functional groups attached to an aromatic ring is 2. The summed E-state index contributed by atoms with van der Waals surface area (Å²) in [5.41, 5.74) is 12.7. The van der Waals surface area contributed by atoms with Gasteiger partial charge in [-0.15, -0.1) is 0 Å². The molecule has 0 aliphatic carbocycles. The monoisotopic (exact) mass is 612 g/mol. The molecule has 21 heteroatoms. The van der Waals surface area contributed by atoms with E-state index in [0.29, 0.717) is 11.0 Å². The molecule has 0 spiro atoms. The SMILES string of the molecule is Nc1ncnc2c1ncn2[C@@H]1O[C@H](COP(O)(=S)OC[C@H]2O[C@@H](n3cnc4c(N)ncnc43)[C@H](O)[C@@H]2O)[C@@H](O)[C@H]1O. The number of imidazole rings is 2. The van der Waals surface area contributed by atoms with Crippen LogP contribution in [0.25, 0.3) is 22.3 Å². The van der Waals surface area contributed by atoms with Crippen molar-refractivity contribution in [1.82, 2.24) is 39.0 Å². The highest BCUT2D eigenvalue weighted by molar-refractivity contribution is 8.07. The van der Waals surface area contributed by atoms with Crippen molar-refractivity contribution in [3.8, 4) is 0 Å². The minimum atomic E-state index is -3.97. The summed E-state index contributed by atoms with van der Waals surface area (Å²) in [5.74, 6) is 0.263. The Bertz CT molecular complexity index is 1510. The first-order valence-corrected chi connectivity index (χ1v) is 14.7. The molecule has 0 radical (unpaired) electrons. The number of anilines is 2. The third-order valence-electron chi connectivity index (χ3n) is 6.80. The fraction of sp³-hybridized carbons (Fsp3) is 0.500. The molecule has 0 bridgehead atoms. The molecule has 0 unspecified atom stereocenters. The van der Waals surface area contributed by atoms with E-state index in [9.17, 15) is 25.3 Å². The van der Waals surface area contributed by atoms with Crippen LogP contribution in [-0.2, 0) is 30.3 Å². The molecular formula is C20H25N10O9PS. The number of nitrogens with zero attached hydrogens (tertiary/aromatic N) is 8. The zero-order valence-corrected chi connectivity index (χ0v) is 22.5. The van der Waals surface area contributed by atoms with Crippen molar-refractivity contribution >= 4 is 52.5 Å². The minimum absolute atomic E-state index is 0.132. The molecule has 2 fully saturated rings. The van der Waals surface area contributed by atoms with Crippen LogP contribution in [-0.4, -0.2) is 114 Å². The van der Waals surface area contributed by atoms with E-state index in [4.69, 9.17) is 41.8 Å². The number of aromatic nitrogens is 8. The molecule has 9 N–H and O–H groups in total. The van der Waals surface area contributed by atoms with Gasteiger partial charge in [0.1, 0.15) is 60.3 Å². The number of hydrogen-bond donors (Lipinski definition) is 7. The molecule has 19 nitrogen and oxygen atoms in total. The summed E-state index contributed by atoms with van der Waals surface area (Å²) in [6.45, 7) is -4.87. The van der Waals surface area contributed by atoms with Crippen LogP contribution in [0.4, 0.5) is 11.6 Å². The van der Waals surface area contributed by atoms with E-state index in [-0.39, 0.29) is 22.9 Å². The fourth-order valence-corrected chi connectivity index (χ4v) is 5.79. The number of aliphatic hydroxyl groups is 4. The van der Waals surface area contributed by atoms with Crippen molar-refractivity contribution in [2.75, 3.05) is 24.7 Å². The molecule has 0 saturated carbocycles. The van der Waals surface area contributed by atoms with E-state index in [1.165, 1.54) is 34.4 Å². The molecule has 4 aromatic rings. The molecule has 6 heterocycles. The molecule has 8 atom stereocenters. The average Bonchev–Trinajstić information content (AvgIpc) is 3.70. The van der Waals surface area contributed by atoms with Gasteiger partial charge in [0.15, 0.2) is 35.4 Å². The maximum atomic E-state index is 10.6. The molecule has 6 rings (SSSR count). The summed E-state index contributed by atoms with van der Waals surface area (Å²) in [5, 5.41) is 42.2. The van der Waals surface area contributed by atoms with Gasteiger partial charge in [-0.25, -0.2) is 29.9 Å². The molecule has 41 heavy (non-hydrogen) atoms. The first-order chi connectivity index (χ1) is 19.6. The van der Waals surface area contributed by atoms with E-state index in [0.717, 1.165) is 0 Å². The highest BCUT2D eigenvalue weighted by atomic mass is 32.5. The highest BCUT2D eigenvalue weighted by Crippen LogP contribution is 2.46. The molecule has 2 saturated heterocycles. The lowest BCUT2D eigenvalue weighted by molar-refractivity contribution is -0.0571. The van der Waals surface area contributed by atoms with Crippen molar-refractivity contribution in [2.45, 2.75) is 49.1 Å². The van der Waals surface area contributed by atoms with Crippen LogP contribution in [0.5, 0.6) is 0 Å². The third-order valence-corrected chi connectivity index (χ3v) is 8.38. The summed E-state index contributed by atoms with van der Waals surface area (Å²) in [7, 11) is 0. The summed E-state index contributed by atoms with van der Waals surface area (Å²) < 4.78 is 25.0. The lowest BCUT2D eigenvalue weighted by Crippen LogP contribution is -2.34. The predicted octanol–water partition coefficient (Wildman–Crippen LogP) is -2.68. The Labute approximate surface area is 234 Å². The van der Waals surface area contributed by atoms with Crippen LogP contribution in [0.2, 0.25) is 0 Å². The van der Waals surface area contributed by atoms with Gasteiger partial charge in [-0.1, -0.05) is 0 Å². The number of aliphatic hydroxyl groups excluding tert-OH is 4. The van der Waals surface area contributed by atoms with Gasteiger partial charge in [0, 0.05) is 0 Å². The summed E-state index contributed by atoms with van der Waals surface area (Å²) >= 11 is 5.05. The maximum Gasteiger partial charge on any atom is 0.324 e. The van der Waals surface area contributed by atoms with E-state index >= 15 is 0 Å². The molecule has 0 amide bonds. The predicted molar refractivity (Wildman–Crippen MR) is 140 cm³/mol. The van der Waals surface area contributed by atoms with E-state index < -0.39 is 69.0 Å². The zero-order valence-electron chi connectivity index (χ0n) is 20.8. The Kier molecular flexibility index (Phi) is 7.32. The van der Waals surface area contributed by atoms with Crippen LogP contribution in [0.1, 0.15) is 12.5 Å². The van der Waals surface area contributed by atoms with E-state index in [2.05, 4.69) is 29.9 Å². The zero-order chi connectivity index (χ0) is 29.1. The topological polar surface area (TPSA) is 277 Å². The van der Waals surface area contributed by atoms with Gasteiger partial charge in [-0.05, 0) is 11.8 Å². The smallest absolute Gasteiger partial charge is 0.324 e. The van der Waals surface area contributed by atoms with Crippen LogP contribution in [0, 0.1) is 0 Å². The second-order valence-electron chi connectivity index (χ2n) is 9.32. The number of hydrogen-bond acceptors (Lipinski definition) is 17. The fourth-order valence-electron chi connectivity index (χ4n) is 4.68. The Hall–Kier alpha value is -3.01. The number of nitrogens with two attached hydrogens (primary N) is 2. The van der Waals surface area contributed by atoms with Gasteiger partial charge in [0.2, 0.25) is 0 Å². The standard InChI is InChI=1S/C20H25N10O9PS/c21-15-9-17(25-3-23-15)29(5-27-9)19-13(33)11(31)7(38-19)1-36-40(35,41)37-2-8-12(32)14(34)20(39-8)30-6-28-10-16(22)24-4-26-18(10)30/h3-8,11-14,19-20,31-34H,1-2H2,(H,35,41)(H2,21,23,25)(H2,22,24,26)/t7-,8-,11-,12-,13-,14-,19-,20-/m1/s1. The van der Waals surface area contributed by atoms with Crippen LogP contribution >= 0.6 is 6.72 Å². The second-order valence-corrected chi connectivity index (χ2v) is 12.2. The van der Waals surface area contributed by atoms with Gasteiger partial charge in [0.25, 0.3) is 0 Å². The Morgan fingerprint density at radius 1 is 0.732 bits per heavy atom. The minimum Gasteiger partial charge on any atom is -0.387 e. The summed E-state index contributed by atoms with van der Waals surface area (Å²) in [6, 6.07) is 0. The van der Waals surface area contributed by atoms with Crippen molar-refractivity contribution in [3.63, 3.8) is 0 Å². The van der Waals surface area contributed by atoms with Crippen LogP contribution < -0.4 is 11.5 Å².